The molecule has 34 heavy (non-hydrogen) atoms. The average Bonchev–Trinajstić information content (AvgIpc) is 3.01. The fourth-order valence-electron chi connectivity index (χ4n) is 4.29. The Morgan fingerprint density at radius 1 is 0.824 bits per heavy atom. The summed E-state index contributed by atoms with van der Waals surface area (Å²) in [5.74, 6) is 0.643. The Balaban J connectivity index is 1.91. The molecule has 0 aromatic heterocycles. The van der Waals surface area contributed by atoms with Crippen LogP contribution in [0.4, 0.5) is 0 Å². The Kier molecular flexibility index (Phi) is 9.03. The maximum atomic E-state index is 6.53. The molecule has 0 N–H and O–H groups in total. The molecule has 2 aliphatic rings. The van der Waals surface area contributed by atoms with Crippen LogP contribution in [0.3, 0.4) is 0 Å². The van der Waals surface area contributed by atoms with Gasteiger partial charge in [0.05, 0.1) is 24.4 Å². The first-order chi connectivity index (χ1) is 16.1. The minimum atomic E-state index is -0.642. The average molecular weight is 482 g/mol. The van der Waals surface area contributed by atoms with E-state index in [0.29, 0.717) is 19.0 Å². The molecule has 0 bridgehead atoms. The Bertz CT molecular complexity index is 787. The Morgan fingerprint density at radius 2 is 1.47 bits per heavy atom. The number of benzene rings is 1. The fraction of sp³-hybridized carbons (Fsp3) is 0.750. The van der Waals surface area contributed by atoms with E-state index in [1.54, 1.807) is 35.5 Å². The van der Waals surface area contributed by atoms with Crippen LogP contribution in [0.15, 0.2) is 18.2 Å². The topological polar surface area (TPSA) is 83.1 Å². The molecule has 0 amide bonds. The van der Waals surface area contributed by atoms with Crippen LogP contribution in [0.25, 0.3) is 0 Å². The van der Waals surface area contributed by atoms with Crippen LogP contribution >= 0.6 is 0 Å². The molecule has 0 aliphatic carbocycles. The van der Waals surface area contributed by atoms with E-state index in [4.69, 9.17) is 42.5 Å². The van der Waals surface area contributed by atoms with Crippen molar-refractivity contribution in [3.63, 3.8) is 0 Å². The van der Waals surface area contributed by atoms with Gasteiger partial charge in [-0.15, -0.1) is 0 Å². The molecule has 2 fully saturated rings. The molecule has 1 aromatic rings. The lowest BCUT2D eigenvalue weighted by molar-refractivity contribution is -0.299. The molecule has 2 saturated heterocycles. The van der Waals surface area contributed by atoms with E-state index in [0.717, 1.165) is 11.0 Å². The van der Waals surface area contributed by atoms with E-state index >= 15 is 0 Å². The molecule has 3 rings (SSSR count). The third kappa shape index (κ3) is 5.44. The summed E-state index contributed by atoms with van der Waals surface area (Å²) < 4.78 is 52.8. The highest BCUT2D eigenvalue weighted by molar-refractivity contribution is 6.62. The molecule has 0 radical (unpaired) electrons. The zero-order valence-corrected chi connectivity index (χ0v) is 21.8. The van der Waals surface area contributed by atoms with Crippen LogP contribution in [-0.4, -0.2) is 91.2 Å². The molecule has 2 aliphatic heterocycles. The summed E-state index contributed by atoms with van der Waals surface area (Å²) in [6.45, 7) is 8.79. The molecule has 2 heterocycles. The zero-order chi connectivity index (χ0) is 25.1. The second kappa shape index (κ2) is 11.2. The normalized spacial score (nSPS) is 30.5. The van der Waals surface area contributed by atoms with Gasteiger partial charge >= 0.3 is 7.12 Å². The minimum absolute atomic E-state index is 0.320. The van der Waals surface area contributed by atoms with Crippen molar-refractivity contribution >= 4 is 12.6 Å². The highest BCUT2D eigenvalue weighted by Crippen LogP contribution is 2.37. The summed E-state index contributed by atoms with van der Waals surface area (Å²) in [4.78, 5) is 0. The molecule has 0 saturated carbocycles. The second-order valence-corrected chi connectivity index (χ2v) is 9.61. The van der Waals surface area contributed by atoms with Gasteiger partial charge in [-0.2, -0.15) is 0 Å². The lowest BCUT2D eigenvalue weighted by Gasteiger charge is -2.44. The Labute approximate surface area is 203 Å². The van der Waals surface area contributed by atoms with E-state index < -0.39 is 49.0 Å². The molecule has 5 atom stereocenters. The van der Waals surface area contributed by atoms with E-state index in [1.165, 1.54) is 0 Å². The van der Waals surface area contributed by atoms with Crippen LogP contribution in [0, 0.1) is 0 Å². The Hall–Kier alpha value is -1.24. The smallest absolute Gasteiger partial charge is 0.484 e. The minimum Gasteiger partial charge on any atom is -0.484 e. The summed E-state index contributed by atoms with van der Waals surface area (Å²) in [5, 5.41) is 0. The monoisotopic (exact) mass is 482 g/mol. The highest BCUT2D eigenvalue weighted by Gasteiger charge is 2.52. The van der Waals surface area contributed by atoms with Crippen molar-refractivity contribution in [1.82, 2.24) is 0 Å². The molecule has 5 unspecified atom stereocenters. The summed E-state index contributed by atoms with van der Waals surface area (Å²) >= 11 is 0. The van der Waals surface area contributed by atoms with Gasteiger partial charge in [0.1, 0.15) is 24.1 Å². The van der Waals surface area contributed by atoms with Gasteiger partial charge < -0.3 is 42.5 Å². The second-order valence-electron chi connectivity index (χ2n) is 9.61. The first-order valence-electron chi connectivity index (χ1n) is 11.5. The van der Waals surface area contributed by atoms with Gasteiger partial charge in [0.15, 0.2) is 12.4 Å². The standard InChI is InChI=1S/C24H39BO9/c1-23(2)24(3,4)34-25(33-23)16-10-11-17(15(12-16)13-26-5)31-20-19(28-7)18(14-27-6)32-22(30-9)21(20)29-8/h10-12,18-22H,13-14H2,1-9H3. The lowest BCUT2D eigenvalue weighted by atomic mass is 9.78. The summed E-state index contributed by atoms with van der Waals surface area (Å²) in [7, 11) is 7.55. The highest BCUT2D eigenvalue weighted by atomic mass is 16.7. The van der Waals surface area contributed by atoms with Crippen molar-refractivity contribution in [1.29, 1.82) is 0 Å². The van der Waals surface area contributed by atoms with Gasteiger partial charge in [-0.3, -0.25) is 0 Å². The van der Waals surface area contributed by atoms with E-state index in [9.17, 15) is 0 Å². The van der Waals surface area contributed by atoms with Crippen molar-refractivity contribution in [2.75, 3.05) is 42.2 Å². The first-order valence-corrected chi connectivity index (χ1v) is 11.5. The van der Waals surface area contributed by atoms with Crippen LogP contribution in [-0.2, 0) is 44.3 Å². The van der Waals surface area contributed by atoms with Crippen LogP contribution in [0.1, 0.15) is 33.3 Å². The first kappa shape index (κ1) is 27.4. The van der Waals surface area contributed by atoms with Gasteiger partial charge in [0.2, 0.25) is 0 Å². The molecule has 9 nitrogen and oxygen atoms in total. The van der Waals surface area contributed by atoms with E-state index in [-0.39, 0.29) is 0 Å². The summed E-state index contributed by atoms with van der Waals surface area (Å²) in [6, 6.07) is 5.83. The van der Waals surface area contributed by atoms with Gasteiger partial charge in [0.25, 0.3) is 0 Å². The van der Waals surface area contributed by atoms with Gasteiger partial charge in [0, 0.05) is 41.1 Å². The quantitative estimate of drug-likeness (QED) is 0.465. The van der Waals surface area contributed by atoms with Crippen molar-refractivity contribution in [3.8, 4) is 5.75 Å². The van der Waals surface area contributed by atoms with Crippen molar-refractivity contribution < 1.29 is 42.5 Å². The van der Waals surface area contributed by atoms with Crippen molar-refractivity contribution in [2.24, 2.45) is 0 Å². The van der Waals surface area contributed by atoms with E-state index in [1.807, 2.05) is 45.9 Å². The molecular formula is C24H39BO9. The number of ether oxygens (including phenoxy) is 7. The zero-order valence-electron chi connectivity index (χ0n) is 21.8. The maximum Gasteiger partial charge on any atom is 0.494 e. The maximum absolute atomic E-state index is 6.53. The van der Waals surface area contributed by atoms with E-state index in [2.05, 4.69) is 0 Å². The summed E-state index contributed by atoms with van der Waals surface area (Å²) in [6.07, 6.45) is -2.54. The SMILES string of the molecule is COCc1cc(B2OC(C)(C)C(C)(C)O2)ccc1OC1C(OC)C(COC)OC(OC)C1OC. The third-order valence-corrected chi connectivity index (χ3v) is 6.87. The van der Waals surface area contributed by atoms with Crippen molar-refractivity contribution in [3.05, 3.63) is 23.8 Å². The third-order valence-electron chi connectivity index (χ3n) is 6.87. The molecular weight excluding hydrogens is 443 g/mol. The van der Waals surface area contributed by atoms with Crippen LogP contribution in [0.5, 0.6) is 5.75 Å². The molecule has 10 heteroatoms. The van der Waals surface area contributed by atoms with Gasteiger partial charge in [-0.25, -0.2) is 0 Å². The fourth-order valence-corrected chi connectivity index (χ4v) is 4.29. The number of methoxy groups -OCH3 is 5. The molecule has 192 valence electrons. The largest absolute Gasteiger partial charge is 0.494 e. The molecule has 1 aromatic carbocycles. The van der Waals surface area contributed by atoms with Crippen LogP contribution < -0.4 is 10.2 Å². The lowest BCUT2D eigenvalue weighted by Crippen LogP contribution is -2.62. The number of hydrogen-bond acceptors (Lipinski definition) is 9. The Morgan fingerprint density at radius 3 is 2.00 bits per heavy atom. The summed E-state index contributed by atoms with van der Waals surface area (Å²) in [5.41, 5.74) is 0.880. The predicted octanol–water partition coefficient (Wildman–Crippen LogP) is 1.93. The van der Waals surface area contributed by atoms with Crippen LogP contribution in [0.2, 0.25) is 0 Å². The number of hydrogen-bond donors (Lipinski definition) is 0. The number of rotatable bonds is 10. The molecule has 0 spiro atoms. The van der Waals surface area contributed by atoms with Gasteiger partial charge in [-0.1, -0.05) is 12.1 Å². The van der Waals surface area contributed by atoms with Gasteiger partial charge in [-0.05, 0) is 39.2 Å². The predicted molar refractivity (Wildman–Crippen MR) is 126 cm³/mol. The van der Waals surface area contributed by atoms with Crippen molar-refractivity contribution in [2.45, 2.75) is 76.2 Å².